The van der Waals surface area contributed by atoms with Crippen molar-refractivity contribution in [2.45, 2.75) is 99.6 Å². The first-order chi connectivity index (χ1) is 15.0. The Morgan fingerprint density at radius 3 is 1.94 bits per heavy atom. The number of hydrogen-bond donors (Lipinski definition) is 0. The number of sulfone groups is 1. The highest BCUT2D eigenvalue weighted by molar-refractivity contribution is 7.93. The molecular weight excluding hydrogens is 482 g/mol. The number of halogens is 6. The number of carbonyl (C=O) groups is 2. The quantitative estimate of drug-likeness (QED) is 0.332. The van der Waals surface area contributed by atoms with Gasteiger partial charge in [0, 0.05) is 6.92 Å². The fourth-order valence-electron chi connectivity index (χ4n) is 4.32. The van der Waals surface area contributed by atoms with Crippen molar-refractivity contribution in [3.8, 4) is 0 Å². The fraction of sp³-hybridized carbons (Fsp3) is 0.900. The topological polar surface area (TPSA) is 86.7 Å². The Labute approximate surface area is 188 Å². The monoisotopic (exact) mass is 510 g/mol. The maximum Gasteiger partial charge on any atom is 0.413 e. The summed E-state index contributed by atoms with van der Waals surface area (Å²) < 4.78 is 116. The molecule has 0 bridgehead atoms. The molecule has 0 aliphatic heterocycles. The molecule has 0 atom stereocenters. The van der Waals surface area contributed by atoms with E-state index in [9.17, 15) is 44.3 Å². The normalized spacial score (nSPS) is 24.4. The van der Waals surface area contributed by atoms with Gasteiger partial charge in [-0.2, -0.15) is 26.3 Å². The summed E-state index contributed by atoms with van der Waals surface area (Å²) in [6.07, 6.45) is 1.99. The molecule has 0 spiro atoms. The molecule has 2 aliphatic carbocycles. The first-order valence-corrected chi connectivity index (χ1v) is 12.3. The lowest BCUT2D eigenvalue weighted by atomic mass is 9.89. The van der Waals surface area contributed by atoms with Crippen LogP contribution in [0.1, 0.15) is 71.6 Å². The summed E-state index contributed by atoms with van der Waals surface area (Å²) in [4.78, 5) is 24.2. The maximum atomic E-state index is 14.0. The Kier molecular flexibility index (Phi) is 8.07. The third-order valence-corrected chi connectivity index (χ3v) is 8.86. The zero-order valence-electron chi connectivity index (χ0n) is 18.4. The average Bonchev–Trinajstić information content (AvgIpc) is 3.19. The molecule has 0 unspecified atom stereocenters. The van der Waals surface area contributed by atoms with E-state index in [1.54, 1.807) is 0 Å². The minimum atomic E-state index is -6.11. The van der Waals surface area contributed by atoms with E-state index in [-0.39, 0.29) is 12.8 Å². The highest BCUT2D eigenvalue weighted by Crippen LogP contribution is 2.50. The van der Waals surface area contributed by atoms with Gasteiger partial charge >= 0.3 is 29.0 Å². The molecule has 2 aliphatic rings. The van der Waals surface area contributed by atoms with Crippen molar-refractivity contribution < 1.29 is 53.8 Å². The molecule has 0 aromatic carbocycles. The molecule has 0 aromatic heterocycles. The van der Waals surface area contributed by atoms with E-state index in [0.717, 1.165) is 12.8 Å². The predicted molar refractivity (Wildman–Crippen MR) is 104 cm³/mol. The number of rotatable bonds is 9. The van der Waals surface area contributed by atoms with Crippen molar-refractivity contribution in [2.24, 2.45) is 5.92 Å². The van der Waals surface area contributed by atoms with Crippen molar-refractivity contribution in [1.82, 2.24) is 0 Å². The lowest BCUT2D eigenvalue weighted by Crippen LogP contribution is -2.58. The number of hydrogen-bond acceptors (Lipinski definition) is 6. The largest absolute Gasteiger partial charge is 0.457 e. The number of esters is 2. The molecule has 2 rings (SSSR count). The molecule has 2 saturated carbocycles. The molecule has 0 saturated heterocycles. The van der Waals surface area contributed by atoms with Gasteiger partial charge in [-0.25, -0.2) is 13.2 Å². The van der Waals surface area contributed by atoms with E-state index < -0.39 is 82.0 Å². The molecule has 192 valence electrons. The van der Waals surface area contributed by atoms with Crippen molar-refractivity contribution >= 4 is 21.8 Å². The third kappa shape index (κ3) is 5.43. The van der Waals surface area contributed by atoms with Crippen molar-refractivity contribution in [2.75, 3.05) is 6.61 Å². The smallest absolute Gasteiger partial charge is 0.413 e. The Hall–Kier alpha value is -1.53. The number of alkyl halides is 6. The Balaban J connectivity index is 1.92. The SMILES string of the molecule is CCC1(OC(=O)COC(=O)C2CCC(S(=O)(=O)C(F)(F)C(F)(F)C(C)(F)F)CC2)CCCC1. The molecule has 6 nitrogen and oxygen atoms in total. The van der Waals surface area contributed by atoms with E-state index >= 15 is 0 Å². The Bertz CT molecular complexity index is 824. The van der Waals surface area contributed by atoms with E-state index in [1.165, 1.54) is 0 Å². The van der Waals surface area contributed by atoms with Gasteiger partial charge in [-0.3, -0.25) is 4.79 Å². The van der Waals surface area contributed by atoms with Crippen LogP contribution in [0.15, 0.2) is 0 Å². The third-order valence-electron chi connectivity index (χ3n) is 6.54. The van der Waals surface area contributed by atoms with Crippen LogP contribution in [0.5, 0.6) is 0 Å². The van der Waals surface area contributed by atoms with Crippen LogP contribution >= 0.6 is 0 Å². The van der Waals surface area contributed by atoms with Crippen molar-refractivity contribution in [1.29, 1.82) is 0 Å². The van der Waals surface area contributed by atoms with Gasteiger partial charge in [0.2, 0.25) is 9.84 Å². The molecule has 0 aromatic rings. The van der Waals surface area contributed by atoms with Crippen LogP contribution in [0.25, 0.3) is 0 Å². The molecule has 0 heterocycles. The van der Waals surface area contributed by atoms with Crippen molar-refractivity contribution in [3.05, 3.63) is 0 Å². The molecule has 0 amide bonds. The zero-order valence-corrected chi connectivity index (χ0v) is 19.2. The summed E-state index contributed by atoms with van der Waals surface area (Å²) in [6, 6.07) is 0. The number of ether oxygens (including phenoxy) is 2. The van der Waals surface area contributed by atoms with E-state index in [2.05, 4.69) is 0 Å². The van der Waals surface area contributed by atoms with Crippen LogP contribution in [0.2, 0.25) is 0 Å². The van der Waals surface area contributed by atoms with Gasteiger partial charge in [0.15, 0.2) is 6.61 Å². The molecule has 13 heteroatoms. The van der Waals surface area contributed by atoms with Crippen molar-refractivity contribution in [3.63, 3.8) is 0 Å². The minimum Gasteiger partial charge on any atom is -0.457 e. The van der Waals surface area contributed by atoms with Gasteiger partial charge in [0.1, 0.15) is 5.60 Å². The van der Waals surface area contributed by atoms with Crippen LogP contribution in [0, 0.1) is 5.92 Å². The van der Waals surface area contributed by atoms with E-state index in [0.29, 0.717) is 19.3 Å². The van der Waals surface area contributed by atoms with Gasteiger partial charge in [-0.1, -0.05) is 6.92 Å². The van der Waals surface area contributed by atoms with Gasteiger partial charge < -0.3 is 9.47 Å². The summed E-state index contributed by atoms with van der Waals surface area (Å²) in [7, 11) is -5.99. The second kappa shape index (κ2) is 9.61. The Morgan fingerprint density at radius 2 is 1.48 bits per heavy atom. The van der Waals surface area contributed by atoms with E-state index in [1.807, 2.05) is 6.92 Å². The summed E-state index contributed by atoms with van der Waals surface area (Å²) in [6.45, 7) is 0.718. The summed E-state index contributed by atoms with van der Waals surface area (Å²) in [5.74, 6) is -13.9. The lowest BCUT2D eigenvalue weighted by molar-refractivity contribution is -0.271. The average molecular weight is 510 g/mol. The Morgan fingerprint density at radius 1 is 0.970 bits per heavy atom. The lowest BCUT2D eigenvalue weighted by Gasteiger charge is -2.34. The van der Waals surface area contributed by atoms with Crippen LogP contribution in [-0.2, 0) is 28.9 Å². The van der Waals surface area contributed by atoms with Gasteiger partial charge in [0.25, 0.3) is 0 Å². The van der Waals surface area contributed by atoms with E-state index in [4.69, 9.17) is 9.47 Å². The standard InChI is InChI=1S/C20H28F6O6S/c1-3-18(10-4-5-11-18)32-15(27)12-31-16(28)13-6-8-14(9-7-13)33(29,30)20(25,26)19(23,24)17(2,21)22/h13-14H,3-12H2,1-2H3. The first kappa shape index (κ1) is 27.7. The minimum absolute atomic E-state index is 0.305. The highest BCUT2D eigenvalue weighted by Gasteiger charge is 2.76. The molecule has 33 heavy (non-hydrogen) atoms. The fourth-order valence-corrected chi connectivity index (χ4v) is 6.17. The maximum absolute atomic E-state index is 14.0. The number of carbonyl (C=O) groups excluding carboxylic acids is 2. The molecular formula is C20H28F6O6S. The zero-order chi connectivity index (χ0) is 25.3. The highest BCUT2D eigenvalue weighted by atomic mass is 32.2. The van der Waals surface area contributed by atoms with Crippen LogP contribution in [-0.4, -0.2) is 54.9 Å². The second-order valence-corrected chi connectivity index (χ2v) is 11.1. The van der Waals surface area contributed by atoms with Gasteiger partial charge in [0.05, 0.1) is 11.2 Å². The van der Waals surface area contributed by atoms with Crippen LogP contribution in [0.4, 0.5) is 26.3 Å². The van der Waals surface area contributed by atoms with Crippen LogP contribution < -0.4 is 0 Å². The van der Waals surface area contributed by atoms with Gasteiger partial charge in [-0.05, 0) is 57.8 Å². The van der Waals surface area contributed by atoms with Crippen LogP contribution in [0.3, 0.4) is 0 Å². The molecule has 0 N–H and O–H groups in total. The summed E-state index contributed by atoms with van der Waals surface area (Å²) in [5, 5.41) is -8.02. The molecule has 0 radical (unpaired) electrons. The summed E-state index contributed by atoms with van der Waals surface area (Å²) >= 11 is 0. The molecule has 2 fully saturated rings. The van der Waals surface area contributed by atoms with Gasteiger partial charge in [-0.15, -0.1) is 0 Å². The first-order valence-electron chi connectivity index (χ1n) is 10.8. The predicted octanol–water partition coefficient (Wildman–Crippen LogP) is 4.65. The summed E-state index contributed by atoms with van der Waals surface area (Å²) in [5.41, 5.74) is -0.585. The second-order valence-electron chi connectivity index (χ2n) is 8.82.